The number of likely N-dealkylation sites (tertiary alicyclic amines) is 1. The van der Waals surface area contributed by atoms with Crippen LogP contribution in [0, 0.1) is 5.92 Å². The van der Waals surface area contributed by atoms with Gasteiger partial charge in [0.1, 0.15) is 5.75 Å². The zero-order chi connectivity index (χ0) is 21.5. The minimum Gasteiger partial charge on any atom is -0.497 e. The van der Waals surface area contributed by atoms with Gasteiger partial charge in [-0.3, -0.25) is 14.3 Å². The Kier molecular flexibility index (Phi) is 9.10. The van der Waals surface area contributed by atoms with Gasteiger partial charge in [0.2, 0.25) is 0 Å². The molecule has 0 aliphatic carbocycles. The summed E-state index contributed by atoms with van der Waals surface area (Å²) in [5.74, 6) is 3.23. The van der Waals surface area contributed by atoms with Crippen molar-refractivity contribution < 1.29 is 4.74 Å². The Morgan fingerprint density at radius 2 is 1.88 bits per heavy atom. The van der Waals surface area contributed by atoms with Crippen LogP contribution in [-0.4, -0.2) is 59.2 Å². The van der Waals surface area contributed by atoms with Gasteiger partial charge in [-0.1, -0.05) is 18.2 Å². The summed E-state index contributed by atoms with van der Waals surface area (Å²) < 4.78 is 7.23. The molecule has 1 fully saturated rings. The fourth-order valence-corrected chi connectivity index (χ4v) is 3.97. The van der Waals surface area contributed by atoms with Crippen LogP contribution in [0.15, 0.2) is 53.7 Å². The maximum Gasteiger partial charge on any atom is 0.191 e. The predicted octanol–water partition coefficient (Wildman–Crippen LogP) is 2.93. The molecule has 1 saturated heterocycles. The van der Waals surface area contributed by atoms with Gasteiger partial charge < -0.3 is 15.4 Å². The first-order valence-corrected chi connectivity index (χ1v) is 10.8. The molecule has 3 heterocycles. The summed E-state index contributed by atoms with van der Waals surface area (Å²) >= 11 is 0. The highest BCUT2D eigenvalue weighted by Gasteiger charge is 2.19. The lowest BCUT2D eigenvalue weighted by Crippen LogP contribution is -2.42. The summed E-state index contributed by atoms with van der Waals surface area (Å²) in [6.45, 7) is 4.74. The molecule has 0 spiro atoms. The van der Waals surface area contributed by atoms with E-state index in [1.54, 1.807) is 14.2 Å². The highest BCUT2D eigenvalue weighted by molar-refractivity contribution is 14.0. The number of benzene rings is 1. The smallest absolute Gasteiger partial charge is 0.191 e. The molecule has 9 heteroatoms. The fourth-order valence-electron chi connectivity index (χ4n) is 3.97. The number of guanidine groups is 1. The minimum absolute atomic E-state index is 0. The molecule has 2 N–H and O–H groups in total. The summed E-state index contributed by atoms with van der Waals surface area (Å²) in [6.07, 6.45) is 4.35. The molecule has 3 aromatic rings. The van der Waals surface area contributed by atoms with E-state index in [0.717, 1.165) is 49.4 Å². The van der Waals surface area contributed by atoms with Crippen LogP contribution in [-0.2, 0) is 13.1 Å². The predicted molar refractivity (Wildman–Crippen MR) is 138 cm³/mol. The Hall–Kier alpha value is -2.40. The third kappa shape index (κ3) is 6.32. The molecule has 32 heavy (non-hydrogen) atoms. The number of ether oxygens (including phenoxy) is 1. The van der Waals surface area contributed by atoms with Gasteiger partial charge in [-0.25, -0.2) is 0 Å². The molecule has 0 amide bonds. The lowest BCUT2D eigenvalue weighted by Gasteiger charge is -2.32. The largest absolute Gasteiger partial charge is 0.497 e. The normalized spacial score (nSPS) is 15.4. The first-order chi connectivity index (χ1) is 15.2. The second-order valence-corrected chi connectivity index (χ2v) is 7.92. The number of fused-ring (bicyclic) bond motifs is 1. The number of hydrogen-bond donors (Lipinski definition) is 2. The van der Waals surface area contributed by atoms with Gasteiger partial charge >= 0.3 is 0 Å². The second kappa shape index (κ2) is 12.0. The van der Waals surface area contributed by atoms with E-state index in [0.29, 0.717) is 12.5 Å². The van der Waals surface area contributed by atoms with Gasteiger partial charge in [-0.05, 0) is 61.7 Å². The van der Waals surface area contributed by atoms with Crippen molar-refractivity contribution in [3.05, 3.63) is 60.0 Å². The van der Waals surface area contributed by atoms with Crippen molar-refractivity contribution in [1.29, 1.82) is 0 Å². The van der Waals surface area contributed by atoms with Crippen LogP contribution in [0.5, 0.6) is 5.75 Å². The van der Waals surface area contributed by atoms with Gasteiger partial charge in [-0.15, -0.1) is 34.2 Å². The lowest BCUT2D eigenvalue weighted by atomic mass is 9.96. The summed E-state index contributed by atoms with van der Waals surface area (Å²) in [5, 5.41) is 15.3. The number of pyridine rings is 1. The molecule has 8 nitrogen and oxygen atoms in total. The first-order valence-electron chi connectivity index (χ1n) is 10.8. The van der Waals surface area contributed by atoms with Gasteiger partial charge in [0, 0.05) is 26.3 Å². The molecule has 1 aliphatic heterocycles. The van der Waals surface area contributed by atoms with Gasteiger partial charge in [0.05, 0.1) is 13.7 Å². The Balaban J connectivity index is 0.00000289. The van der Waals surface area contributed by atoms with Crippen molar-refractivity contribution in [2.45, 2.75) is 25.9 Å². The molecule has 0 radical (unpaired) electrons. The average molecular weight is 549 g/mol. The third-order valence-corrected chi connectivity index (χ3v) is 5.85. The molecule has 0 bridgehead atoms. The van der Waals surface area contributed by atoms with Crippen LogP contribution in [0.3, 0.4) is 0 Å². The van der Waals surface area contributed by atoms with Crippen molar-refractivity contribution in [3.63, 3.8) is 0 Å². The maximum absolute atomic E-state index is 5.24. The molecular weight excluding hydrogens is 517 g/mol. The van der Waals surface area contributed by atoms with E-state index in [2.05, 4.69) is 42.9 Å². The number of nitrogens with zero attached hydrogens (tertiary/aromatic N) is 5. The number of aliphatic imine (C=N–C) groups is 1. The van der Waals surface area contributed by atoms with E-state index in [9.17, 15) is 0 Å². The summed E-state index contributed by atoms with van der Waals surface area (Å²) in [7, 11) is 3.50. The summed E-state index contributed by atoms with van der Waals surface area (Å²) in [4.78, 5) is 6.88. The standard InChI is InChI=1S/C23H31N7O.HI/c1-24-23(26-16-22-28-27-21-5-3-4-12-30(21)22)25-15-18-10-13-29(14-11-18)17-19-6-8-20(31-2)9-7-19;/h3-9,12,18H,10-11,13-17H2,1-2H3,(H2,24,25,26);1H. The van der Waals surface area contributed by atoms with Crippen molar-refractivity contribution in [1.82, 2.24) is 30.1 Å². The number of hydrogen-bond acceptors (Lipinski definition) is 5. The van der Waals surface area contributed by atoms with E-state index in [-0.39, 0.29) is 24.0 Å². The molecule has 0 atom stereocenters. The first kappa shape index (κ1) is 24.2. The number of piperidine rings is 1. The number of methoxy groups -OCH3 is 1. The summed E-state index contributed by atoms with van der Waals surface area (Å²) in [5.41, 5.74) is 2.19. The van der Waals surface area contributed by atoms with Gasteiger partial charge in [-0.2, -0.15) is 0 Å². The number of nitrogens with one attached hydrogen (secondary N) is 2. The molecule has 1 aliphatic rings. The van der Waals surface area contributed by atoms with Crippen molar-refractivity contribution in [3.8, 4) is 5.75 Å². The third-order valence-electron chi connectivity index (χ3n) is 5.85. The summed E-state index contributed by atoms with van der Waals surface area (Å²) in [6, 6.07) is 14.3. The second-order valence-electron chi connectivity index (χ2n) is 7.92. The highest BCUT2D eigenvalue weighted by atomic mass is 127. The molecule has 2 aromatic heterocycles. The monoisotopic (exact) mass is 549 g/mol. The Labute approximate surface area is 206 Å². The Morgan fingerprint density at radius 3 is 2.59 bits per heavy atom. The maximum atomic E-state index is 5.24. The van der Waals surface area contributed by atoms with Crippen LogP contribution >= 0.6 is 24.0 Å². The minimum atomic E-state index is 0. The molecule has 172 valence electrons. The highest BCUT2D eigenvalue weighted by Crippen LogP contribution is 2.19. The van der Waals surface area contributed by atoms with Crippen LogP contribution in [0.25, 0.3) is 5.65 Å². The molecule has 1 aromatic carbocycles. The van der Waals surface area contributed by atoms with Crippen molar-refractivity contribution in [2.75, 3.05) is 33.8 Å². The SMILES string of the molecule is CN=C(NCc1nnc2ccccn12)NCC1CCN(Cc2ccc(OC)cc2)CC1.I. The molecule has 0 saturated carbocycles. The van der Waals surface area contributed by atoms with Gasteiger partial charge in [0.15, 0.2) is 17.4 Å². The lowest BCUT2D eigenvalue weighted by molar-refractivity contribution is 0.178. The van der Waals surface area contributed by atoms with E-state index >= 15 is 0 Å². The van der Waals surface area contributed by atoms with Crippen LogP contribution in [0.1, 0.15) is 24.2 Å². The number of rotatable bonds is 7. The number of halogens is 1. The van der Waals surface area contributed by atoms with Crippen LogP contribution in [0.2, 0.25) is 0 Å². The zero-order valence-corrected chi connectivity index (χ0v) is 21.0. The molecule has 4 rings (SSSR count). The zero-order valence-electron chi connectivity index (χ0n) is 18.7. The van der Waals surface area contributed by atoms with E-state index in [1.807, 2.05) is 40.9 Å². The molecular formula is C23H32IN7O. The van der Waals surface area contributed by atoms with Gasteiger partial charge in [0.25, 0.3) is 0 Å². The average Bonchev–Trinajstić information content (AvgIpc) is 3.24. The fraction of sp³-hybridized carbons (Fsp3) is 0.435. The Bertz CT molecular complexity index is 997. The van der Waals surface area contributed by atoms with Crippen molar-refractivity contribution in [2.24, 2.45) is 10.9 Å². The molecule has 0 unspecified atom stereocenters. The van der Waals surface area contributed by atoms with Crippen LogP contribution < -0.4 is 15.4 Å². The Morgan fingerprint density at radius 1 is 1.09 bits per heavy atom. The topological polar surface area (TPSA) is 79.1 Å². The van der Waals surface area contributed by atoms with E-state index < -0.39 is 0 Å². The van der Waals surface area contributed by atoms with Crippen LogP contribution in [0.4, 0.5) is 0 Å². The quantitative estimate of drug-likeness (QED) is 0.268. The van der Waals surface area contributed by atoms with E-state index in [4.69, 9.17) is 4.74 Å². The van der Waals surface area contributed by atoms with Crippen molar-refractivity contribution >= 4 is 35.6 Å². The van der Waals surface area contributed by atoms with E-state index in [1.165, 1.54) is 18.4 Å². The number of aromatic nitrogens is 3.